The molecule has 1 aliphatic carbocycles. The van der Waals surface area contributed by atoms with Crippen LogP contribution in [0.3, 0.4) is 0 Å². The van der Waals surface area contributed by atoms with Gasteiger partial charge < -0.3 is 19.9 Å². The predicted molar refractivity (Wildman–Crippen MR) is 153 cm³/mol. The number of hydrogen-bond donors (Lipinski definition) is 2. The molecule has 4 heterocycles. The van der Waals surface area contributed by atoms with E-state index < -0.39 is 5.82 Å². The molecule has 39 heavy (non-hydrogen) atoms. The summed E-state index contributed by atoms with van der Waals surface area (Å²) in [5.41, 5.74) is 1.11. The number of carbonyl (C=O) groups excluding carboxylic acids is 1. The number of nitrogens with zero attached hydrogens (tertiary/aromatic N) is 5. The third kappa shape index (κ3) is 5.16. The fourth-order valence-corrected chi connectivity index (χ4v) is 5.73. The number of allylic oxidation sites excluding steroid dienone is 2. The van der Waals surface area contributed by atoms with Crippen molar-refractivity contribution in [1.82, 2.24) is 24.9 Å². The number of anilines is 1. The Balaban J connectivity index is 1.09. The molecule has 1 amide bonds. The van der Waals surface area contributed by atoms with E-state index in [4.69, 9.17) is 17.0 Å². The molecule has 4 aromatic rings. The van der Waals surface area contributed by atoms with Gasteiger partial charge in [-0.05, 0) is 30.4 Å². The molecule has 0 radical (unpaired) electrons. The summed E-state index contributed by atoms with van der Waals surface area (Å²) in [6.07, 6.45) is 15.0. The molecular formula is C27H22FN7O2S2. The normalized spacial score (nSPS) is 17.4. The summed E-state index contributed by atoms with van der Waals surface area (Å²) in [7, 11) is 1.92. The Morgan fingerprint density at radius 2 is 2.03 bits per heavy atom. The van der Waals surface area contributed by atoms with Gasteiger partial charge in [-0.1, -0.05) is 24.3 Å². The topological polar surface area (TPSA) is 96.7 Å². The highest BCUT2D eigenvalue weighted by Gasteiger charge is 2.29. The second-order valence-corrected chi connectivity index (χ2v) is 10.4. The van der Waals surface area contributed by atoms with Gasteiger partial charge in [-0.15, -0.1) is 11.3 Å². The number of benzene rings is 1. The van der Waals surface area contributed by atoms with E-state index in [1.165, 1.54) is 23.5 Å². The van der Waals surface area contributed by atoms with Crippen LogP contribution in [0.4, 0.5) is 10.1 Å². The molecule has 0 saturated heterocycles. The minimum Gasteiger partial charge on any atom is -0.453 e. The quantitative estimate of drug-likeness (QED) is 0.326. The Bertz CT molecular complexity index is 1680. The summed E-state index contributed by atoms with van der Waals surface area (Å²) >= 11 is 6.73. The molecule has 1 aromatic carbocycles. The number of nitrogens with one attached hydrogen (secondary N) is 2. The molecule has 2 atom stereocenters. The number of aromatic nitrogens is 3. The van der Waals surface area contributed by atoms with Gasteiger partial charge >= 0.3 is 0 Å². The molecule has 2 aliphatic rings. The lowest BCUT2D eigenvalue weighted by Crippen LogP contribution is -2.42. The van der Waals surface area contributed by atoms with Crippen LogP contribution in [0.1, 0.15) is 0 Å². The zero-order valence-corrected chi connectivity index (χ0v) is 22.2. The van der Waals surface area contributed by atoms with Crippen molar-refractivity contribution < 1.29 is 13.9 Å². The number of imidazole rings is 1. The zero-order chi connectivity index (χ0) is 26.9. The number of thiophene rings is 1. The monoisotopic (exact) mass is 559 g/mol. The van der Waals surface area contributed by atoms with Crippen molar-refractivity contribution >= 4 is 56.7 Å². The Morgan fingerprint density at radius 1 is 1.15 bits per heavy atom. The molecule has 0 fully saturated rings. The first-order chi connectivity index (χ1) is 18.9. The maximum absolute atomic E-state index is 15.0. The smallest absolute Gasteiger partial charge is 0.247 e. The van der Waals surface area contributed by atoms with E-state index in [2.05, 4.69) is 25.7 Å². The minimum absolute atomic E-state index is 0.0149. The number of carbonyl (C=O) groups is 1. The molecule has 3 aromatic heterocycles. The Labute approximate surface area is 232 Å². The summed E-state index contributed by atoms with van der Waals surface area (Å²) in [6, 6.07) is 8.03. The molecule has 196 valence electrons. The number of thiocarbonyl (C=S) groups is 1. The van der Waals surface area contributed by atoms with Gasteiger partial charge in [-0.25, -0.2) is 9.37 Å². The Hall–Kier alpha value is -4.42. The lowest BCUT2D eigenvalue weighted by atomic mass is 9.97. The van der Waals surface area contributed by atoms with Gasteiger partial charge in [0.15, 0.2) is 16.7 Å². The summed E-state index contributed by atoms with van der Waals surface area (Å²) in [4.78, 5) is 22.2. The largest absolute Gasteiger partial charge is 0.453 e. The van der Waals surface area contributed by atoms with Crippen LogP contribution in [0.5, 0.6) is 11.5 Å². The van der Waals surface area contributed by atoms with Gasteiger partial charge in [0.05, 0.1) is 21.1 Å². The van der Waals surface area contributed by atoms with Crippen LogP contribution in [0, 0.1) is 11.7 Å². The third-order valence-electron chi connectivity index (χ3n) is 6.26. The second kappa shape index (κ2) is 10.4. The van der Waals surface area contributed by atoms with E-state index in [1.807, 2.05) is 54.4 Å². The zero-order valence-electron chi connectivity index (χ0n) is 20.6. The number of amides is 1. The van der Waals surface area contributed by atoms with E-state index in [0.717, 1.165) is 20.9 Å². The van der Waals surface area contributed by atoms with E-state index in [1.54, 1.807) is 29.5 Å². The number of hydrogen-bond acceptors (Lipinski definition) is 8. The number of halogens is 1. The number of ether oxygens (including phenoxy) is 1. The average molecular weight is 560 g/mol. The SMILES string of the molecule is Cn1ccnc1-c1cc2nccc(Oc3ccc(NC(=S)NC(=O)CN4N=CC5C=CC=CC54)cc3F)c2s1. The van der Waals surface area contributed by atoms with Crippen molar-refractivity contribution in [2.24, 2.45) is 18.1 Å². The van der Waals surface area contributed by atoms with Crippen molar-refractivity contribution in [1.29, 1.82) is 0 Å². The van der Waals surface area contributed by atoms with Gasteiger partial charge in [0.1, 0.15) is 18.1 Å². The Morgan fingerprint density at radius 3 is 2.85 bits per heavy atom. The molecule has 2 unspecified atom stereocenters. The summed E-state index contributed by atoms with van der Waals surface area (Å²) < 4.78 is 23.6. The second-order valence-electron chi connectivity index (χ2n) is 8.95. The standard InChI is InChI=1S/C27H22FN7O2S2/c1-34-11-10-30-26(34)23-13-19-25(39-23)22(8-9-29-19)37-21-7-6-17(12-18(21)28)32-27(38)33-24(36)15-35-20-5-3-2-4-16(20)14-31-35/h2-14,16,20H,15H2,1H3,(H2,32,33,36,38). The first-order valence-corrected chi connectivity index (χ1v) is 13.3. The van der Waals surface area contributed by atoms with Gasteiger partial charge in [-0.2, -0.15) is 5.10 Å². The first kappa shape index (κ1) is 24.9. The van der Waals surface area contributed by atoms with Crippen LogP contribution < -0.4 is 15.4 Å². The molecule has 12 heteroatoms. The molecule has 2 N–H and O–H groups in total. The van der Waals surface area contributed by atoms with Crippen molar-refractivity contribution in [2.75, 3.05) is 11.9 Å². The number of pyridine rings is 1. The highest BCUT2D eigenvalue weighted by molar-refractivity contribution is 7.80. The van der Waals surface area contributed by atoms with E-state index in [-0.39, 0.29) is 35.3 Å². The fraction of sp³-hybridized carbons (Fsp3) is 0.148. The van der Waals surface area contributed by atoms with Gasteiger partial charge in [0.2, 0.25) is 5.91 Å². The van der Waals surface area contributed by atoms with Crippen LogP contribution in [0.2, 0.25) is 0 Å². The summed E-state index contributed by atoms with van der Waals surface area (Å²) in [5.74, 6) is 0.594. The van der Waals surface area contributed by atoms with Crippen LogP contribution in [-0.4, -0.2) is 49.4 Å². The van der Waals surface area contributed by atoms with Crippen LogP contribution in [0.15, 0.2) is 78.3 Å². The number of rotatable bonds is 6. The van der Waals surface area contributed by atoms with Crippen molar-refractivity contribution in [3.05, 3.63) is 79.0 Å². The predicted octanol–water partition coefficient (Wildman–Crippen LogP) is 4.85. The molecule has 0 bridgehead atoms. The number of hydrazone groups is 1. The molecular weight excluding hydrogens is 537 g/mol. The van der Waals surface area contributed by atoms with E-state index in [9.17, 15) is 4.79 Å². The summed E-state index contributed by atoms with van der Waals surface area (Å²) in [6.45, 7) is 0.0454. The van der Waals surface area contributed by atoms with E-state index >= 15 is 4.39 Å². The van der Waals surface area contributed by atoms with Gasteiger partial charge in [0, 0.05) is 55.6 Å². The lowest BCUT2D eigenvalue weighted by Gasteiger charge is -2.24. The van der Waals surface area contributed by atoms with Gasteiger partial charge in [-0.3, -0.25) is 14.8 Å². The fourth-order valence-electron chi connectivity index (χ4n) is 4.40. The molecule has 1 aliphatic heterocycles. The van der Waals surface area contributed by atoms with Crippen LogP contribution in [0.25, 0.3) is 20.9 Å². The number of aryl methyl sites for hydroxylation is 1. The maximum atomic E-state index is 15.0. The minimum atomic E-state index is -0.588. The highest BCUT2D eigenvalue weighted by atomic mass is 32.1. The third-order valence-corrected chi connectivity index (χ3v) is 7.60. The average Bonchev–Trinajstić information content (AvgIpc) is 3.64. The Kier molecular flexibility index (Phi) is 6.63. The number of fused-ring (bicyclic) bond motifs is 2. The van der Waals surface area contributed by atoms with Crippen LogP contribution in [-0.2, 0) is 11.8 Å². The van der Waals surface area contributed by atoms with Crippen molar-refractivity contribution in [3.8, 4) is 22.2 Å². The maximum Gasteiger partial charge on any atom is 0.247 e. The molecule has 9 nitrogen and oxygen atoms in total. The first-order valence-electron chi connectivity index (χ1n) is 12.0. The molecule has 0 spiro atoms. The summed E-state index contributed by atoms with van der Waals surface area (Å²) in [5, 5.41) is 11.5. The molecule has 6 rings (SSSR count). The van der Waals surface area contributed by atoms with Gasteiger partial charge in [0.25, 0.3) is 0 Å². The molecule has 0 saturated carbocycles. The van der Waals surface area contributed by atoms with E-state index in [0.29, 0.717) is 11.4 Å². The van der Waals surface area contributed by atoms with Crippen molar-refractivity contribution in [2.45, 2.75) is 6.04 Å². The van der Waals surface area contributed by atoms with Crippen molar-refractivity contribution in [3.63, 3.8) is 0 Å². The van der Waals surface area contributed by atoms with Crippen LogP contribution >= 0.6 is 23.6 Å². The lowest BCUT2D eigenvalue weighted by molar-refractivity contribution is -0.121. The highest BCUT2D eigenvalue weighted by Crippen LogP contribution is 2.39.